The molecule has 3 heterocycles. The fourth-order valence-corrected chi connectivity index (χ4v) is 5.68. The molecule has 0 fully saturated rings. The SMILES string of the molecule is Cc1sc(C(=O)N[C@@H](Cc2ccc(F)cc2)CN2C(=O)c3ccccc3C2=O)cc1-c1c(Cl)cnn1C. The zero-order chi connectivity index (χ0) is 26.3. The summed E-state index contributed by atoms with van der Waals surface area (Å²) in [7, 11) is 1.78. The Morgan fingerprint density at radius 3 is 2.32 bits per heavy atom. The van der Waals surface area contributed by atoms with E-state index in [1.807, 2.05) is 6.92 Å². The van der Waals surface area contributed by atoms with Crippen molar-refractivity contribution in [2.75, 3.05) is 6.54 Å². The third-order valence-electron chi connectivity index (χ3n) is 6.30. The van der Waals surface area contributed by atoms with Gasteiger partial charge in [0, 0.05) is 24.0 Å². The number of nitrogens with one attached hydrogen (secondary N) is 1. The summed E-state index contributed by atoms with van der Waals surface area (Å²) < 4.78 is 15.1. The minimum Gasteiger partial charge on any atom is -0.346 e. The first-order valence-corrected chi connectivity index (χ1v) is 12.7. The van der Waals surface area contributed by atoms with Crippen molar-refractivity contribution in [2.45, 2.75) is 19.4 Å². The van der Waals surface area contributed by atoms with Crippen molar-refractivity contribution in [3.63, 3.8) is 0 Å². The van der Waals surface area contributed by atoms with Gasteiger partial charge in [-0.15, -0.1) is 11.3 Å². The topological polar surface area (TPSA) is 84.3 Å². The Kier molecular flexibility index (Phi) is 6.66. The third-order valence-corrected chi connectivity index (χ3v) is 7.63. The fraction of sp³-hybridized carbons (Fsp3) is 0.185. The standard InChI is InChI=1S/C27H22ClFN4O3S/c1-15-21(24-22(28)13-30-32(24)2)12-23(37-15)25(34)31-18(11-16-7-9-17(29)10-8-16)14-33-26(35)19-5-3-4-6-20(19)27(33)36/h3-10,12-13,18H,11,14H2,1-2H3,(H,31,34)/t18-/m0/s1. The highest BCUT2D eigenvalue weighted by molar-refractivity contribution is 7.14. The van der Waals surface area contributed by atoms with Gasteiger partial charge in [-0.1, -0.05) is 35.9 Å². The summed E-state index contributed by atoms with van der Waals surface area (Å²) in [6, 6.07) is 13.7. The molecule has 2 aromatic heterocycles. The van der Waals surface area contributed by atoms with Gasteiger partial charge in [0.1, 0.15) is 5.82 Å². The van der Waals surface area contributed by atoms with E-state index in [1.165, 1.54) is 23.5 Å². The van der Waals surface area contributed by atoms with Gasteiger partial charge in [0.25, 0.3) is 17.7 Å². The van der Waals surface area contributed by atoms with E-state index >= 15 is 0 Å². The molecule has 0 saturated carbocycles. The van der Waals surface area contributed by atoms with E-state index in [1.54, 1.807) is 60.4 Å². The summed E-state index contributed by atoms with van der Waals surface area (Å²) in [5.41, 5.74) is 2.95. The van der Waals surface area contributed by atoms with E-state index in [0.717, 1.165) is 20.9 Å². The van der Waals surface area contributed by atoms with Gasteiger partial charge in [0.05, 0.1) is 39.0 Å². The highest BCUT2D eigenvalue weighted by Gasteiger charge is 2.36. The zero-order valence-corrected chi connectivity index (χ0v) is 21.6. The van der Waals surface area contributed by atoms with Crippen LogP contribution in [-0.2, 0) is 13.5 Å². The van der Waals surface area contributed by atoms with Crippen molar-refractivity contribution in [2.24, 2.45) is 7.05 Å². The normalized spacial score (nSPS) is 13.7. The Morgan fingerprint density at radius 1 is 1.08 bits per heavy atom. The lowest BCUT2D eigenvalue weighted by atomic mass is 10.0. The molecule has 10 heteroatoms. The Labute approximate surface area is 221 Å². The van der Waals surface area contributed by atoms with Crippen molar-refractivity contribution in [1.82, 2.24) is 20.0 Å². The molecule has 1 N–H and O–H groups in total. The van der Waals surface area contributed by atoms with Crippen molar-refractivity contribution in [3.05, 3.63) is 98.1 Å². The Morgan fingerprint density at radius 2 is 1.73 bits per heavy atom. The molecule has 1 aliphatic rings. The second kappa shape index (κ2) is 9.91. The lowest BCUT2D eigenvalue weighted by Gasteiger charge is -2.24. The molecule has 0 unspecified atom stereocenters. The van der Waals surface area contributed by atoms with Gasteiger partial charge in [-0.25, -0.2) is 4.39 Å². The number of carbonyl (C=O) groups is 3. The van der Waals surface area contributed by atoms with E-state index in [-0.39, 0.29) is 18.3 Å². The number of carbonyl (C=O) groups excluding carboxylic acids is 3. The van der Waals surface area contributed by atoms with Crippen molar-refractivity contribution >= 4 is 40.7 Å². The van der Waals surface area contributed by atoms with Crippen LogP contribution in [0.25, 0.3) is 11.3 Å². The predicted octanol–water partition coefficient (Wildman–Crippen LogP) is 4.89. The maximum absolute atomic E-state index is 13.5. The first kappa shape index (κ1) is 24.9. The monoisotopic (exact) mass is 536 g/mol. The molecule has 0 spiro atoms. The van der Waals surface area contributed by atoms with Gasteiger partial charge in [-0.3, -0.25) is 24.0 Å². The molecule has 0 aliphatic carbocycles. The van der Waals surface area contributed by atoms with Crippen LogP contribution in [0.4, 0.5) is 4.39 Å². The lowest BCUT2D eigenvalue weighted by Crippen LogP contribution is -2.46. The summed E-state index contributed by atoms with van der Waals surface area (Å²) in [4.78, 5) is 41.8. The highest BCUT2D eigenvalue weighted by atomic mass is 35.5. The fourth-order valence-electron chi connectivity index (χ4n) is 4.49. The maximum Gasteiger partial charge on any atom is 0.261 e. The maximum atomic E-state index is 13.5. The van der Waals surface area contributed by atoms with Crippen LogP contribution in [0.3, 0.4) is 0 Å². The summed E-state index contributed by atoms with van der Waals surface area (Å²) >= 11 is 7.62. The van der Waals surface area contributed by atoms with Gasteiger partial charge >= 0.3 is 0 Å². The molecule has 37 heavy (non-hydrogen) atoms. The highest BCUT2D eigenvalue weighted by Crippen LogP contribution is 2.35. The van der Waals surface area contributed by atoms with E-state index < -0.39 is 17.9 Å². The quantitative estimate of drug-likeness (QED) is 0.341. The van der Waals surface area contributed by atoms with Crippen LogP contribution >= 0.6 is 22.9 Å². The molecular weight excluding hydrogens is 515 g/mol. The van der Waals surface area contributed by atoms with Crippen LogP contribution in [0.5, 0.6) is 0 Å². The van der Waals surface area contributed by atoms with E-state index in [0.29, 0.717) is 33.1 Å². The molecule has 4 aromatic rings. The van der Waals surface area contributed by atoms with Crippen molar-refractivity contribution in [3.8, 4) is 11.3 Å². The van der Waals surface area contributed by atoms with Crippen molar-refractivity contribution < 1.29 is 18.8 Å². The number of hydrogen-bond acceptors (Lipinski definition) is 5. The number of benzene rings is 2. The first-order chi connectivity index (χ1) is 17.7. The number of fused-ring (bicyclic) bond motifs is 1. The number of nitrogens with zero attached hydrogens (tertiary/aromatic N) is 3. The van der Waals surface area contributed by atoms with Gasteiger partial charge in [0.15, 0.2) is 0 Å². The van der Waals surface area contributed by atoms with E-state index in [4.69, 9.17) is 11.6 Å². The zero-order valence-electron chi connectivity index (χ0n) is 20.0. The third kappa shape index (κ3) is 4.80. The van der Waals surface area contributed by atoms with Crippen LogP contribution < -0.4 is 5.32 Å². The summed E-state index contributed by atoms with van der Waals surface area (Å²) in [5.74, 6) is -1.53. The number of aryl methyl sites for hydroxylation is 2. The number of halogens is 2. The molecule has 0 radical (unpaired) electrons. The average Bonchev–Trinajstić information content (AvgIpc) is 3.50. The molecule has 0 saturated heterocycles. The number of thiophene rings is 1. The van der Waals surface area contributed by atoms with Gasteiger partial charge in [-0.05, 0) is 49.2 Å². The van der Waals surface area contributed by atoms with Crippen LogP contribution in [0.2, 0.25) is 5.02 Å². The van der Waals surface area contributed by atoms with E-state index in [2.05, 4.69) is 10.4 Å². The minimum atomic E-state index is -0.605. The largest absolute Gasteiger partial charge is 0.346 e. The number of rotatable bonds is 7. The Bertz CT molecular complexity index is 1470. The van der Waals surface area contributed by atoms with Crippen LogP contribution in [0, 0.1) is 12.7 Å². The predicted molar refractivity (Wildman–Crippen MR) is 139 cm³/mol. The van der Waals surface area contributed by atoms with Gasteiger partial charge < -0.3 is 5.32 Å². The molecule has 1 aliphatic heterocycles. The number of imide groups is 1. The Balaban J connectivity index is 1.41. The van der Waals surface area contributed by atoms with Gasteiger partial charge in [-0.2, -0.15) is 5.10 Å². The van der Waals surface area contributed by atoms with E-state index in [9.17, 15) is 18.8 Å². The molecule has 7 nitrogen and oxygen atoms in total. The second-order valence-electron chi connectivity index (χ2n) is 8.81. The summed E-state index contributed by atoms with van der Waals surface area (Å²) in [6.07, 6.45) is 1.85. The van der Waals surface area contributed by atoms with Crippen LogP contribution in [-0.4, -0.2) is 45.0 Å². The lowest BCUT2D eigenvalue weighted by molar-refractivity contribution is 0.0629. The second-order valence-corrected chi connectivity index (χ2v) is 10.5. The molecule has 188 valence electrons. The van der Waals surface area contributed by atoms with Gasteiger partial charge in [0.2, 0.25) is 0 Å². The molecule has 3 amide bonds. The molecule has 0 bridgehead atoms. The molecule has 5 rings (SSSR count). The van der Waals surface area contributed by atoms with Crippen molar-refractivity contribution in [1.29, 1.82) is 0 Å². The summed E-state index contributed by atoms with van der Waals surface area (Å²) in [5, 5.41) is 7.63. The smallest absolute Gasteiger partial charge is 0.261 e. The molecular formula is C27H22ClFN4O3S. The number of amides is 3. The number of aromatic nitrogens is 2. The molecule has 1 atom stereocenters. The molecule has 2 aromatic carbocycles. The Hall–Kier alpha value is -3.82. The summed E-state index contributed by atoms with van der Waals surface area (Å²) in [6.45, 7) is 1.87. The van der Waals surface area contributed by atoms with Crippen LogP contribution in [0.1, 0.15) is 40.8 Å². The first-order valence-electron chi connectivity index (χ1n) is 11.5. The average molecular weight is 537 g/mol. The van der Waals surface area contributed by atoms with Crippen LogP contribution in [0.15, 0.2) is 60.8 Å². The number of hydrogen-bond donors (Lipinski definition) is 1. The minimum absolute atomic E-state index is 0.0275.